The molecule has 33 heavy (non-hydrogen) atoms. The number of aromatic nitrogens is 2. The number of hydrogen-bond donors (Lipinski definition) is 3. The van der Waals surface area contributed by atoms with E-state index >= 15 is 0 Å². The SMILES string of the molecule is COc1ccc(C(=O)NC2(C(F)(F)F)C(=O)Nc3c2c(=O)[nH]c(=O)n3-c2ccccc2)cc1. The lowest BCUT2D eigenvalue weighted by Crippen LogP contribution is -2.62. The van der Waals surface area contributed by atoms with Gasteiger partial charge in [-0.05, 0) is 36.4 Å². The largest absolute Gasteiger partial charge is 0.497 e. The number of carbonyl (C=O) groups is 2. The maximum Gasteiger partial charge on any atom is 0.425 e. The van der Waals surface area contributed by atoms with Gasteiger partial charge in [0.05, 0.1) is 12.8 Å². The summed E-state index contributed by atoms with van der Waals surface area (Å²) in [5, 5.41) is 3.65. The number of alkyl halides is 3. The van der Waals surface area contributed by atoms with E-state index in [1.807, 2.05) is 5.32 Å². The maximum absolute atomic E-state index is 14.4. The number of methoxy groups -OCH3 is 1. The molecule has 12 heteroatoms. The third-order valence-electron chi connectivity index (χ3n) is 5.15. The van der Waals surface area contributed by atoms with Crippen LogP contribution in [0.1, 0.15) is 15.9 Å². The number of carbonyl (C=O) groups excluding carboxylic acids is 2. The third kappa shape index (κ3) is 3.35. The second kappa shape index (κ2) is 7.65. The summed E-state index contributed by atoms with van der Waals surface area (Å²) in [4.78, 5) is 52.4. The van der Waals surface area contributed by atoms with Gasteiger partial charge in [0.25, 0.3) is 22.9 Å². The van der Waals surface area contributed by atoms with E-state index in [9.17, 15) is 32.3 Å². The smallest absolute Gasteiger partial charge is 0.425 e. The molecule has 1 aliphatic heterocycles. The van der Waals surface area contributed by atoms with Crippen molar-refractivity contribution in [1.82, 2.24) is 14.9 Å². The van der Waals surface area contributed by atoms with Gasteiger partial charge < -0.3 is 15.4 Å². The number of H-pyrrole nitrogens is 1. The number of aromatic amines is 1. The highest BCUT2D eigenvalue weighted by Crippen LogP contribution is 2.45. The van der Waals surface area contributed by atoms with Crippen LogP contribution in [-0.2, 0) is 10.3 Å². The number of anilines is 1. The molecule has 0 radical (unpaired) electrons. The Kier molecular flexibility index (Phi) is 5.07. The van der Waals surface area contributed by atoms with Gasteiger partial charge in [-0.2, -0.15) is 13.2 Å². The molecule has 170 valence electrons. The zero-order valence-corrected chi connectivity index (χ0v) is 16.8. The summed E-state index contributed by atoms with van der Waals surface area (Å²) < 4.78 is 48.9. The fourth-order valence-corrected chi connectivity index (χ4v) is 3.59. The van der Waals surface area contributed by atoms with E-state index in [4.69, 9.17) is 4.74 Å². The maximum atomic E-state index is 14.4. The minimum atomic E-state index is -5.43. The summed E-state index contributed by atoms with van der Waals surface area (Å²) in [6, 6.07) is 12.5. The third-order valence-corrected chi connectivity index (χ3v) is 5.15. The fourth-order valence-electron chi connectivity index (χ4n) is 3.59. The van der Waals surface area contributed by atoms with Crippen LogP contribution in [0.4, 0.5) is 19.0 Å². The van der Waals surface area contributed by atoms with Crippen LogP contribution in [0.5, 0.6) is 5.75 Å². The van der Waals surface area contributed by atoms with Crippen molar-refractivity contribution in [2.45, 2.75) is 11.7 Å². The first-order valence-corrected chi connectivity index (χ1v) is 9.40. The normalized spacial score (nSPS) is 17.3. The molecule has 3 N–H and O–H groups in total. The zero-order chi connectivity index (χ0) is 24.0. The molecule has 2 amide bonds. The van der Waals surface area contributed by atoms with E-state index in [1.165, 1.54) is 55.6 Å². The van der Waals surface area contributed by atoms with Gasteiger partial charge in [-0.15, -0.1) is 0 Å². The molecule has 1 aromatic heterocycles. The van der Waals surface area contributed by atoms with Crippen molar-refractivity contribution in [3.8, 4) is 11.4 Å². The number of nitrogens with zero attached hydrogens (tertiary/aromatic N) is 1. The number of fused-ring (bicyclic) bond motifs is 1. The van der Waals surface area contributed by atoms with Gasteiger partial charge in [0, 0.05) is 5.56 Å². The predicted octanol–water partition coefficient (Wildman–Crippen LogP) is 1.67. The molecule has 1 aliphatic rings. The molecular weight excluding hydrogens is 445 g/mol. The van der Waals surface area contributed by atoms with Crippen molar-refractivity contribution in [3.63, 3.8) is 0 Å². The lowest BCUT2D eigenvalue weighted by atomic mass is 9.91. The van der Waals surface area contributed by atoms with E-state index < -0.39 is 46.2 Å². The van der Waals surface area contributed by atoms with Gasteiger partial charge in [-0.25, -0.2) is 9.36 Å². The van der Waals surface area contributed by atoms with Crippen LogP contribution in [0.2, 0.25) is 0 Å². The first kappa shape index (κ1) is 21.9. The average molecular weight is 460 g/mol. The van der Waals surface area contributed by atoms with Crippen LogP contribution < -0.4 is 26.6 Å². The molecule has 0 spiro atoms. The van der Waals surface area contributed by atoms with Crippen molar-refractivity contribution < 1.29 is 27.5 Å². The molecule has 0 bridgehead atoms. The Bertz CT molecular complexity index is 1360. The quantitative estimate of drug-likeness (QED) is 0.547. The Balaban J connectivity index is 1.93. The van der Waals surface area contributed by atoms with Gasteiger partial charge in [-0.1, -0.05) is 18.2 Å². The number of benzene rings is 2. The van der Waals surface area contributed by atoms with E-state index in [-0.39, 0.29) is 11.3 Å². The number of rotatable bonds is 4. The minimum Gasteiger partial charge on any atom is -0.497 e. The number of nitrogens with one attached hydrogen (secondary N) is 3. The van der Waals surface area contributed by atoms with Crippen LogP contribution in [0.15, 0.2) is 64.2 Å². The van der Waals surface area contributed by atoms with Gasteiger partial charge in [0.1, 0.15) is 17.1 Å². The summed E-state index contributed by atoms with van der Waals surface area (Å²) in [6.45, 7) is 0. The first-order valence-electron chi connectivity index (χ1n) is 9.40. The van der Waals surface area contributed by atoms with E-state index in [0.29, 0.717) is 5.75 Å². The first-order chi connectivity index (χ1) is 15.6. The highest BCUT2D eigenvalue weighted by atomic mass is 19.4. The van der Waals surface area contributed by atoms with E-state index in [1.54, 1.807) is 16.4 Å². The molecule has 3 aromatic rings. The Morgan fingerprint density at radius 2 is 1.67 bits per heavy atom. The van der Waals surface area contributed by atoms with Gasteiger partial charge in [0.2, 0.25) is 0 Å². The van der Waals surface area contributed by atoms with Gasteiger partial charge >= 0.3 is 11.9 Å². The Morgan fingerprint density at radius 1 is 1.03 bits per heavy atom. The molecule has 1 unspecified atom stereocenters. The minimum absolute atomic E-state index is 0.0924. The molecule has 0 aliphatic carbocycles. The van der Waals surface area contributed by atoms with Crippen molar-refractivity contribution >= 4 is 17.6 Å². The number of halogens is 3. The van der Waals surface area contributed by atoms with Crippen LogP contribution in [0, 0.1) is 0 Å². The highest BCUT2D eigenvalue weighted by Gasteiger charge is 2.68. The number of ether oxygens (including phenoxy) is 1. The van der Waals surface area contributed by atoms with Crippen LogP contribution in [-0.4, -0.2) is 34.7 Å². The molecule has 2 aromatic carbocycles. The van der Waals surface area contributed by atoms with Gasteiger partial charge in [0.15, 0.2) is 0 Å². The number of amides is 2. The van der Waals surface area contributed by atoms with Crippen molar-refractivity contribution in [1.29, 1.82) is 0 Å². The van der Waals surface area contributed by atoms with Crippen molar-refractivity contribution in [2.75, 3.05) is 12.4 Å². The van der Waals surface area contributed by atoms with E-state index in [2.05, 4.69) is 0 Å². The second-order valence-corrected chi connectivity index (χ2v) is 7.04. The molecule has 1 atom stereocenters. The molecule has 0 saturated carbocycles. The molecule has 0 fully saturated rings. The molecule has 4 rings (SSSR count). The van der Waals surface area contributed by atoms with Crippen LogP contribution >= 0.6 is 0 Å². The molecule has 0 saturated heterocycles. The Morgan fingerprint density at radius 3 is 2.24 bits per heavy atom. The number of hydrogen-bond acceptors (Lipinski definition) is 5. The standard InChI is InChI=1S/C21H15F3N4O5/c1-33-13-9-7-11(8-10-13)16(29)27-20(21(22,23)24)14-15(25-18(20)31)28(19(32)26-17(14)30)12-5-3-2-4-6-12/h2-10H,1H3,(H,25,31)(H,27,29)(H,26,30,32). The highest BCUT2D eigenvalue weighted by molar-refractivity contribution is 6.09. The van der Waals surface area contributed by atoms with Crippen LogP contribution in [0.25, 0.3) is 5.69 Å². The molecule has 9 nitrogen and oxygen atoms in total. The lowest BCUT2D eigenvalue weighted by Gasteiger charge is -2.30. The molecular formula is C21H15F3N4O5. The van der Waals surface area contributed by atoms with Crippen LogP contribution in [0.3, 0.4) is 0 Å². The Labute approximate surface area is 182 Å². The average Bonchev–Trinajstić information content (AvgIpc) is 3.07. The zero-order valence-electron chi connectivity index (χ0n) is 16.8. The van der Waals surface area contributed by atoms with Crippen molar-refractivity contribution in [2.24, 2.45) is 0 Å². The fraction of sp³-hybridized carbons (Fsp3) is 0.143. The lowest BCUT2D eigenvalue weighted by molar-refractivity contribution is -0.196. The summed E-state index contributed by atoms with van der Waals surface area (Å²) in [6.07, 6.45) is -5.43. The van der Waals surface area contributed by atoms with Crippen molar-refractivity contribution in [3.05, 3.63) is 86.6 Å². The summed E-state index contributed by atoms with van der Waals surface area (Å²) in [5.41, 5.74) is -7.54. The molecule has 2 heterocycles. The number of para-hydroxylation sites is 1. The van der Waals surface area contributed by atoms with E-state index in [0.717, 1.165) is 4.57 Å². The Hall–Kier alpha value is -4.35. The summed E-state index contributed by atoms with van der Waals surface area (Å²) >= 11 is 0. The predicted molar refractivity (Wildman–Crippen MR) is 109 cm³/mol. The summed E-state index contributed by atoms with van der Waals surface area (Å²) in [5.74, 6) is -3.33. The van der Waals surface area contributed by atoms with Gasteiger partial charge in [-0.3, -0.25) is 19.4 Å². The second-order valence-electron chi connectivity index (χ2n) is 7.04. The monoisotopic (exact) mass is 460 g/mol. The summed E-state index contributed by atoms with van der Waals surface area (Å²) in [7, 11) is 1.37. The topological polar surface area (TPSA) is 122 Å².